The number of hydrogen-bond acceptors (Lipinski definition) is 1. The third kappa shape index (κ3) is 5.13. The molecule has 0 aliphatic carbocycles. The number of halogens is 2. The highest BCUT2D eigenvalue weighted by Gasteiger charge is 2.11. The van der Waals surface area contributed by atoms with Crippen LogP contribution in [0.1, 0.15) is 68.4 Å². The molecule has 0 spiro atoms. The Balaban J connectivity index is 2.00. The molecule has 1 nitrogen and oxygen atoms in total. The van der Waals surface area contributed by atoms with Gasteiger partial charge in [0, 0.05) is 5.56 Å². The van der Waals surface area contributed by atoms with Crippen molar-refractivity contribution in [1.29, 1.82) is 0 Å². The van der Waals surface area contributed by atoms with E-state index in [2.05, 4.69) is 38.1 Å². The molecule has 0 fully saturated rings. The Labute approximate surface area is 143 Å². The first-order valence-electron chi connectivity index (χ1n) is 8.49. The van der Waals surface area contributed by atoms with Crippen LogP contribution in [0.25, 0.3) is 0 Å². The van der Waals surface area contributed by atoms with Gasteiger partial charge in [0.1, 0.15) is 0 Å². The molecule has 0 amide bonds. The maximum atomic E-state index is 12.6. The highest BCUT2D eigenvalue weighted by molar-refractivity contribution is 5.29. The van der Waals surface area contributed by atoms with Crippen LogP contribution in [0.5, 0.6) is 0 Å². The van der Waals surface area contributed by atoms with E-state index in [9.17, 15) is 8.78 Å². The summed E-state index contributed by atoms with van der Waals surface area (Å²) in [6.45, 7) is 8.25. The van der Waals surface area contributed by atoms with Crippen LogP contribution >= 0.6 is 0 Å². The largest absolute Gasteiger partial charge is 0.371 e. The van der Waals surface area contributed by atoms with Crippen LogP contribution in [-0.4, -0.2) is 6.10 Å². The molecule has 2 unspecified atom stereocenters. The minimum Gasteiger partial charge on any atom is -0.371 e. The van der Waals surface area contributed by atoms with Gasteiger partial charge >= 0.3 is 0 Å². The summed E-state index contributed by atoms with van der Waals surface area (Å²) in [6, 6.07) is 15.1. The van der Waals surface area contributed by atoms with Crippen LogP contribution in [0.2, 0.25) is 0 Å². The number of hydrogen-bond donors (Lipinski definition) is 0. The van der Waals surface area contributed by atoms with E-state index < -0.39 is 6.43 Å². The molecule has 0 aromatic heterocycles. The smallest absolute Gasteiger partial charge is 0.263 e. The van der Waals surface area contributed by atoms with E-state index in [1.807, 2.05) is 13.8 Å². The third-order valence-corrected chi connectivity index (χ3v) is 4.22. The van der Waals surface area contributed by atoms with Gasteiger partial charge in [0.25, 0.3) is 6.43 Å². The Morgan fingerprint density at radius 1 is 0.750 bits per heavy atom. The Morgan fingerprint density at radius 3 is 1.75 bits per heavy atom. The van der Waals surface area contributed by atoms with Gasteiger partial charge in [-0.3, -0.25) is 0 Å². The Hall–Kier alpha value is -1.74. The lowest BCUT2D eigenvalue weighted by atomic mass is 9.92. The average molecular weight is 332 g/mol. The van der Waals surface area contributed by atoms with Gasteiger partial charge in [0.15, 0.2) is 0 Å². The summed E-state index contributed by atoms with van der Waals surface area (Å²) in [7, 11) is 0. The summed E-state index contributed by atoms with van der Waals surface area (Å²) in [5, 5.41) is 0. The zero-order chi connectivity index (χ0) is 17.7. The standard InChI is InChI=1S/C21H26F2O/c1-14(2)24-16(4)19-7-5-17(6-8-19)13-15(3)18-9-11-20(12-10-18)21(22)23/h5-12,14-16,21H,13H2,1-4H3. The second kappa shape index (κ2) is 8.39. The number of ether oxygens (including phenoxy) is 1. The van der Waals surface area contributed by atoms with Crippen LogP contribution in [0.4, 0.5) is 8.78 Å². The van der Waals surface area contributed by atoms with E-state index in [1.54, 1.807) is 12.1 Å². The molecular weight excluding hydrogens is 306 g/mol. The molecule has 0 aliphatic heterocycles. The maximum Gasteiger partial charge on any atom is 0.263 e. The van der Waals surface area contributed by atoms with E-state index in [0.29, 0.717) is 0 Å². The zero-order valence-electron chi connectivity index (χ0n) is 14.8. The van der Waals surface area contributed by atoms with Crippen molar-refractivity contribution in [2.45, 2.75) is 58.7 Å². The first-order valence-corrected chi connectivity index (χ1v) is 8.49. The molecule has 0 saturated carbocycles. The molecule has 130 valence electrons. The summed E-state index contributed by atoms with van der Waals surface area (Å²) in [6.07, 6.45) is -1.24. The molecule has 2 aromatic rings. The highest BCUT2D eigenvalue weighted by atomic mass is 19.3. The quantitative estimate of drug-likeness (QED) is 0.565. The Kier molecular flexibility index (Phi) is 6.50. The summed E-state index contributed by atoms with van der Waals surface area (Å²) >= 11 is 0. The Morgan fingerprint density at radius 2 is 1.25 bits per heavy atom. The summed E-state index contributed by atoms with van der Waals surface area (Å²) in [5.74, 6) is 0.284. The highest BCUT2D eigenvalue weighted by Crippen LogP contribution is 2.25. The average Bonchev–Trinajstić information content (AvgIpc) is 2.55. The number of alkyl halides is 2. The van der Waals surface area contributed by atoms with Crippen LogP contribution in [0, 0.1) is 0 Å². The normalized spacial score (nSPS) is 14.2. The van der Waals surface area contributed by atoms with Crippen LogP contribution in [0.3, 0.4) is 0 Å². The van der Waals surface area contributed by atoms with E-state index in [1.165, 1.54) is 23.3 Å². The minimum absolute atomic E-state index is 0.0782. The lowest BCUT2D eigenvalue weighted by Gasteiger charge is -2.17. The fourth-order valence-electron chi connectivity index (χ4n) is 2.85. The molecule has 2 aromatic carbocycles. The predicted molar refractivity (Wildman–Crippen MR) is 94.6 cm³/mol. The first kappa shape index (κ1) is 18.6. The summed E-state index contributed by atoms with van der Waals surface area (Å²) in [4.78, 5) is 0. The van der Waals surface area contributed by atoms with Crippen molar-refractivity contribution in [3.63, 3.8) is 0 Å². The van der Waals surface area contributed by atoms with Crippen LogP contribution in [-0.2, 0) is 11.2 Å². The molecule has 0 heterocycles. The first-order chi connectivity index (χ1) is 11.4. The molecule has 0 N–H and O–H groups in total. The van der Waals surface area contributed by atoms with E-state index in [0.717, 1.165) is 12.0 Å². The second-order valence-corrected chi connectivity index (χ2v) is 6.64. The lowest BCUT2D eigenvalue weighted by Crippen LogP contribution is -2.07. The molecule has 24 heavy (non-hydrogen) atoms. The van der Waals surface area contributed by atoms with Gasteiger partial charge in [0.2, 0.25) is 0 Å². The van der Waals surface area contributed by atoms with E-state index >= 15 is 0 Å². The number of rotatable bonds is 7. The van der Waals surface area contributed by atoms with Crippen molar-refractivity contribution in [2.24, 2.45) is 0 Å². The van der Waals surface area contributed by atoms with Gasteiger partial charge in [-0.1, -0.05) is 55.5 Å². The molecule has 2 atom stereocenters. The molecule has 2 rings (SSSR count). The molecule has 0 aliphatic rings. The lowest BCUT2D eigenvalue weighted by molar-refractivity contribution is 0.0178. The fourth-order valence-corrected chi connectivity index (χ4v) is 2.85. The van der Waals surface area contributed by atoms with Crippen LogP contribution < -0.4 is 0 Å². The summed E-state index contributed by atoms with van der Waals surface area (Å²) < 4.78 is 31.0. The number of benzene rings is 2. The van der Waals surface area contributed by atoms with Gasteiger partial charge in [-0.2, -0.15) is 0 Å². The topological polar surface area (TPSA) is 9.23 Å². The van der Waals surface area contributed by atoms with Gasteiger partial charge < -0.3 is 4.74 Å². The van der Waals surface area contributed by atoms with Crippen molar-refractivity contribution in [3.8, 4) is 0 Å². The van der Waals surface area contributed by atoms with Gasteiger partial charge in [-0.05, 0) is 49.8 Å². The van der Waals surface area contributed by atoms with Gasteiger partial charge in [-0.15, -0.1) is 0 Å². The zero-order valence-corrected chi connectivity index (χ0v) is 14.8. The third-order valence-electron chi connectivity index (χ3n) is 4.22. The van der Waals surface area contributed by atoms with Gasteiger partial charge in [0.05, 0.1) is 12.2 Å². The molecule has 0 saturated heterocycles. The SMILES string of the molecule is CC(C)OC(C)c1ccc(CC(C)c2ccc(C(F)F)cc2)cc1. The van der Waals surface area contributed by atoms with E-state index in [-0.39, 0.29) is 23.7 Å². The van der Waals surface area contributed by atoms with E-state index in [4.69, 9.17) is 4.74 Å². The van der Waals surface area contributed by atoms with Gasteiger partial charge in [-0.25, -0.2) is 8.78 Å². The monoisotopic (exact) mass is 332 g/mol. The van der Waals surface area contributed by atoms with Crippen molar-refractivity contribution < 1.29 is 13.5 Å². The van der Waals surface area contributed by atoms with Crippen molar-refractivity contribution in [3.05, 3.63) is 70.8 Å². The predicted octanol–water partition coefficient (Wildman–Crippen LogP) is 6.46. The molecule has 3 heteroatoms. The second-order valence-electron chi connectivity index (χ2n) is 6.64. The summed E-state index contributed by atoms with van der Waals surface area (Å²) in [5.41, 5.74) is 3.57. The van der Waals surface area contributed by atoms with Crippen molar-refractivity contribution in [1.82, 2.24) is 0 Å². The molecule has 0 radical (unpaired) electrons. The van der Waals surface area contributed by atoms with Crippen LogP contribution in [0.15, 0.2) is 48.5 Å². The minimum atomic E-state index is -2.41. The Bertz CT molecular complexity index is 617. The molecular formula is C21H26F2O. The maximum absolute atomic E-state index is 12.6. The van der Waals surface area contributed by atoms with Crippen molar-refractivity contribution >= 4 is 0 Å². The molecule has 0 bridgehead atoms. The fraction of sp³-hybridized carbons (Fsp3) is 0.429. The van der Waals surface area contributed by atoms with Crippen molar-refractivity contribution in [2.75, 3.05) is 0 Å².